The van der Waals surface area contributed by atoms with Crippen LogP contribution in [0, 0.1) is 11.3 Å². The van der Waals surface area contributed by atoms with Crippen molar-refractivity contribution in [2.75, 3.05) is 11.2 Å². The lowest BCUT2D eigenvalue weighted by atomic mass is 10.2. The SMILES string of the molecule is CSc1nc(N(C(C)C)C(C)C)oc(=O)c1C#N. The third kappa shape index (κ3) is 2.85. The van der Waals surface area contributed by atoms with Gasteiger partial charge >= 0.3 is 11.6 Å². The highest BCUT2D eigenvalue weighted by Crippen LogP contribution is 2.21. The van der Waals surface area contributed by atoms with Crippen LogP contribution in [0.25, 0.3) is 0 Å². The molecule has 0 radical (unpaired) electrons. The van der Waals surface area contributed by atoms with Crippen LogP contribution in [0.4, 0.5) is 6.01 Å². The molecule has 0 aliphatic heterocycles. The molecule has 1 heterocycles. The second kappa shape index (κ2) is 5.91. The lowest BCUT2D eigenvalue weighted by molar-refractivity contribution is 0.435. The van der Waals surface area contributed by atoms with Gasteiger partial charge in [-0.1, -0.05) is 0 Å². The molecule has 0 saturated carbocycles. The van der Waals surface area contributed by atoms with Gasteiger partial charge in [0.1, 0.15) is 11.1 Å². The number of rotatable bonds is 4. The highest BCUT2D eigenvalue weighted by molar-refractivity contribution is 7.98. The Hall–Kier alpha value is -1.48. The third-order valence-corrected chi connectivity index (χ3v) is 3.12. The van der Waals surface area contributed by atoms with Crippen LogP contribution in [0.15, 0.2) is 14.2 Å². The second-order valence-corrected chi connectivity index (χ2v) is 5.17. The smallest absolute Gasteiger partial charge is 0.359 e. The van der Waals surface area contributed by atoms with E-state index in [2.05, 4.69) is 4.98 Å². The monoisotopic (exact) mass is 267 g/mol. The Balaban J connectivity index is 3.39. The number of thioether (sulfide) groups is 1. The van der Waals surface area contributed by atoms with Crippen LogP contribution in [-0.4, -0.2) is 23.3 Å². The molecular formula is C12H17N3O2S. The summed E-state index contributed by atoms with van der Waals surface area (Å²) in [6.07, 6.45) is 1.78. The molecule has 0 bridgehead atoms. The van der Waals surface area contributed by atoms with Gasteiger partial charge in [-0.25, -0.2) is 4.79 Å². The molecule has 98 valence electrons. The van der Waals surface area contributed by atoms with E-state index >= 15 is 0 Å². The van der Waals surface area contributed by atoms with Crippen LogP contribution in [0.3, 0.4) is 0 Å². The van der Waals surface area contributed by atoms with Crippen LogP contribution in [0.1, 0.15) is 33.3 Å². The molecule has 1 aromatic rings. The standard InChI is InChI=1S/C12H17N3O2S/c1-7(2)15(8(3)4)12-14-10(18-5)9(6-13)11(16)17-12/h7-8H,1-5H3. The summed E-state index contributed by atoms with van der Waals surface area (Å²) < 4.78 is 5.15. The molecule has 0 fully saturated rings. The molecule has 0 saturated heterocycles. The van der Waals surface area contributed by atoms with E-state index < -0.39 is 5.63 Å². The van der Waals surface area contributed by atoms with Crippen molar-refractivity contribution in [1.82, 2.24) is 4.98 Å². The van der Waals surface area contributed by atoms with Gasteiger partial charge in [-0.3, -0.25) is 0 Å². The van der Waals surface area contributed by atoms with E-state index in [9.17, 15) is 4.79 Å². The van der Waals surface area contributed by atoms with Crippen LogP contribution in [0.5, 0.6) is 0 Å². The van der Waals surface area contributed by atoms with E-state index in [1.165, 1.54) is 11.8 Å². The van der Waals surface area contributed by atoms with Crippen molar-refractivity contribution in [1.29, 1.82) is 5.26 Å². The molecule has 0 unspecified atom stereocenters. The predicted octanol–water partition coefficient (Wildman–Crippen LogP) is 2.25. The molecule has 0 N–H and O–H groups in total. The quantitative estimate of drug-likeness (QED) is 0.779. The first-order valence-corrected chi connectivity index (χ1v) is 6.92. The Labute approximate surface area is 111 Å². The van der Waals surface area contributed by atoms with Gasteiger partial charge in [0.15, 0.2) is 5.56 Å². The Morgan fingerprint density at radius 1 is 1.33 bits per heavy atom. The molecule has 0 aliphatic carbocycles. The molecule has 0 aliphatic rings. The van der Waals surface area contributed by atoms with Gasteiger partial charge in [0.05, 0.1) is 0 Å². The summed E-state index contributed by atoms with van der Waals surface area (Å²) in [5.41, 5.74) is -0.656. The van der Waals surface area contributed by atoms with E-state index in [1.54, 1.807) is 6.26 Å². The number of nitrogens with zero attached hydrogens (tertiary/aromatic N) is 3. The van der Waals surface area contributed by atoms with Gasteiger partial charge in [0, 0.05) is 12.1 Å². The highest BCUT2D eigenvalue weighted by Gasteiger charge is 2.21. The largest absolute Gasteiger partial charge is 0.388 e. The first kappa shape index (κ1) is 14.6. The Bertz CT molecular complexity index is 509. The van der Waals surface area contributed by atoms with Crippen LogP contribution < -0.4 is 10.5 Å². The first-order chi connectivity index (χ1) is 8.42. The minimum absolute atomic E-state index is 0.0290. The average Bonchev–Trinajstić information content (AvgIpc) is 2.27. The third-order valence-electron chi connectivity index (χ3n) is 2.44. The summed E-state index contributed by atoms with van der Waals surface area (Å²) in [5.74, 6) is 0. The van der Waals surface area contributed by atoms with Crippen molar-refractivity contribution in [2.45, 2.75) is 44.8 Å². The average molecular weight is 267 g/mol. The van der Waals surface area contributed by atoms with Gasteiger partial charge in [0.2, 0.25) is 0 Å². The molecule has 0 spiro atoms. The van der Waals surface area contributed by atoms with Gasteiger partial charge < -0.3 is 9.32 Å². The minimum atomic E-state index is -0.627. The first-order valence-electron chi connectivity index (χ1n) is 5.69. The zero-order valence-electron chi connectivity index (χ0n) is 11.2. The van der Waals surface area contributed by atoms with E-state index in [0.29, 0.717) is 5.03 Å². The normalized spacial score (nSPS) is 10.8. The molecule has 1 rings (SSSR count). The summed E-state index contributed by atoms with van der Waals surface area (Å²) >= 11 is 1.27. The Kier molecular flexibility index (Phi) is 4.79. The van der Waals surface area contributed by atoms with Crippen molar-refractivity contribution in [2.24, 2.45) is 0 Å². The fourth-order valence-electron chi connectivity index (χ4n) is 1.78. The molecule has 1 aromatic heterocycles. The Morgan fingerprint density at radius 3 is 2.28 bits per heavy atom. The van der Waals surface area contributed by atoms with Crippen LogP contribution in [0.2, 0.25) is 0 Å². The molecule has 0 aromatic carbocycles. The summed E-state index contributed by atoms with van der Waals surface area (Å²) in [4.78, 5) is 17.9. The highest BCUT2D eigenvalue weighted by atomic mass is 32.2. The number of aromatic nitrogens is 1. The maximum Gasteiger partial charge on any atom is 0.359 e. The topological polar surface area (TPSA) is 70.1 Å². The summed E-state index contributed by atoms with van der Waals surface area (Å²) in [5, 5.41) is 9.31. The van der Waals surface area contributed by atoms with Crippen molar-refractivity contribution in [3.05, 3.63) is 16.0 Å². The molecule has 18 heavy (non-hydrogen) atoms. The molecule has 0 atom stereocenters. The fraction of sp³-hybridized carbons (Fsp3) is 0.583. The van der Waals surface area contributed by atoms with E-state index in [4.69, 9.17) is 9.68 Å². The summed E-state index contributed by atoms with van der Waals surface area (Å²) in [7, 11) is 0. The van der Waals surface area contributed by atoms with E-state index in [0.717, 1.165) is 0 Å². The Morgan fingerprint density at radius 2 is 1.89 bits per heavy atom. The molecule has 0 amide bonds. The maximum atomic E-state index is 11.7. The number of hydrogen-bond acceptors (Lipinski definition) is 6. The maximum absolute atomic E-state index is 11.7. The summed E-state index contributed by atoms with van der Waals surface area (Å²) in [6, 6.07) is 2.41. The van der Waals surface area contributed by atoms with Gasteiger partial charge in [-0.15, -0.1) is 11.8 Å². The van der Waals surface area contributed by atoms with Crippen molar-refractivity contribution >= 4 is 17.8 Å². The fourth-order valence-corrected chi connectivity index (χ4v) is 2.28. The summed E-state index contributed by atoms with van der Waals surface area (Å²) in [6.45, 7) is 7.99. The molecule has 5 nitrogen and oxygen atoms in total. The van der Waals surface area contributed by atoms with E-state index in [1.807, 2.05) is 38.7 Å². The van der Waals surface area contributed by atoms with Crippen LogP contribution in [-0.2, 0) is 0 Å². The van der Waals surface area contributed by atoms with Gasteiger partial charge in [-0.05, 0) is 34.0 Å². The second-order valence-electron chi connectivity index (χ2n) is 4.37. The zero-order chi connectivity index (χ0) is 13.9. The van der Waals surface area contributed by atoms with Crippen molar-refractivity contribution < 1.29 is 4.42 Å². The number of nitriles is 1. The van der Waals surface area contributed by atoms with Crippen molar-refractivity contribution in [3.8, 4) is 6.07 Å². The molecule has 6 heteroatoms. The number of anilines is 1. The number of hydrogen-bond donors (Lipinski definition) is 0. The lowest BCUT2D eigenvalue weighted by Gasteiger charge is -2.29. The van der Waals surface area contributed by atoms with Crippen molar-refractivity contribution in [3.63, 3.8) is 0 Å². The minimum Gasteiger partial charge on any atom is -0.388 e. The van der Waals surface area contributed by atoms with Gasteiger partial charge in [0.25, 0.3) is 0 Å². The van der Waals surface area contributed by atoms with Gasteiger partial charge in [-0.2, -0.15) is 10.2 Å². The van der Waals surface area contributed by atoms with Crippen LogP contribution >= 0.6 is 11.8 Å². The lowest BCUT2D eigenvalue weighted by Crippen LogP contribution is -2.38. The predicted molar refractivity (Wildman–Crippen MR) is 72.0 cm³/mol. The zero-order valence-corrected chi connectivity index (χ0v) is 12.0. The van der Waals surface area contributed by atoms with E-state index in [-0.39, 0.29) is 23.7 Å². The molecular weight excluding hydrogens is 250 g/mol.